The SMILES string of the molecule is Oc1cc(-c2c(O)ccc3cc(O)ccc23)c2cc(O)ccc2c1. The van der Waals surface area contributed by atoms with Crippen LogP contribution in [0, 0.1) is 0 Å². The van der Waals surface area contributed by atoms with Crippen LogP contribution in [0.3, 0.4) is 0 Å². The molecule has 0 saturated heterocycles. The first-order valence-electron chi connectivity index (χ1n) is 7.44. The highest BCUT2D eigenvalue weighted by Crippen LogP contribution is 2.42. The molecule has 0 heterocycles. The van der Waals surface area contributed by atoms with E-state index in [0.717, 1.165) is 16.2 Å². The van der Waals surface area contributed by atoms with Crippen molar-refractivity contribution in [3.05, 3.63) is 60.7 Å². The zero-order chi connectivity index (χ0) is 16.8. The molecule has 24 heavy (non-hydrogen) atoms. The maximum absolute atomic E-state index is 10.4. The number of phenols is 4. The Morgan fingerprint density at radius 3 is 1.96 bits per heavy atom. The van der Waals surface area contributed by atoms with Crippen molar-refractivity contribution in [1.29, 1.82) is 0 Å². The molecule has 0 saturated carbocycles. The third-order valence-corrected chi connectivity index (χ3v) is 4.17. The zero-order valence-corrected chi connectivity index (χ0v) is 12.6. The Hall–Kier alpha value is -3.40. The summed E-state index contributed by atoms with van der Waals surface area (Å²) in [4.78, 5) is 0. The van der Waals surface area contributed by atoms with Crippen molar-refractivity contribution in [2.45, 2.75) is 0 Å². The maximum atomic E-state index is 10.4. The van der Waals surface area contributed by atoms with Crippen molar-refractivity contribution in [1.82, 2.24) is 0 Å². The van der Waals surface area contributed by atoms with Gasteiger partial charge in [0.25, 0.3) is 0 Å². The van der Waals surface area contributed by atoms with Crippen LogP contribution in [-0.4, -0.2) is 20.4 Å². The molecule has 0 amide bonds. The molecule has 0 aromatic heterocycles. The Balaban J connectivity index is 2.17. The van der Waals surface area contributed by atoms with Gasteiger partial charge in [0, 0.05) is 5.56 Å². The minimum atomic E-state index is 0.0587. The molecule has 0 aliphatic rings. The molecule has 4 rings (SSSR count). The number of benzene rings is 4. The average Bonchev–Trinajstić information content (AvgIpc) is 2.55. The minimum absolute atomic E-state index is 0.0587. The second-order valence-electron chi connectivity index (χ2n) is 5.76. The van der Waals surface area contributed by atoms with E-state index in [1.165, 1.54) is 0 Å². The van der Waals surface area contributed by atoms with E-state index in [9.17, 15) is 20.4 Å². The second kappa shape index (κ2) is 5.06. The molecular formula is C20H14O4. The normalized spacial score (nSPS) is 11.2. The lowest BCUT2D eigenvalue weighted by molar-refractivity contribution is 0.473. The predicted octanol–water partition coefficient (Wildman–Crippen LogP) is 4.48. The quantitative estimate of drug-likeness (QED) is 0.417. The molecule has 4 aromatic carbocycles. The third kappa shape index (κ3) is 2.16. The van der Waals surface area contributed by atoms with E-state index >= 15 is 0 Å². The fourth-order valence-electron chi connectivity index (χ4n) is 3.13. The number of fused-ring (bicyclic) bond motifs is 2. The van der Waals surface area contributed by atoms with Gasteiger partial charge in [-0.2, -0.15) is 0 Å². The molecule has 0 unspecified atom stereocenters. The number of hydrogen-bond donors (Lipinski definition) is 4. The average molecular weight is 318 g/mol. The Morgan fingerprint density at radius 1 is 0.500 bits per heavy atom. The lowest BCUT2D eigenvalue weighted by Gasteiger charge is -2.13. The number of phenolic OH excluding ortho intramolecular Hbond substituents is 4. The lowest BCUT2D eigenvalue weighted by atomic mass is 9.92. The Bertz CT molecular complexity index is 1100. The molecule has 4 aromatic rings. The molecule has 118 valence electrons. The van der Waals surface area contributed by atoms with Crippen LogP contribution in [0.5, 0.6) is 23.0 Å². The molecule has 0 bridgehead atoms. The summed E-state index contributed by atoms with van der Waals surface area (Å²) >= 11 is 0. The molecular weight excluding hydrogens is 304 g/mol. The van der Waals surface area contributed by atoms with Gasteiger partial charge < -0.3 is 20.4 Å². The topological polar surface area (TPSA) is 80.9 Å². The van der Waals surface area contributed by atoms with Crippen LogP contribution in [0.4, 0.5) is 0 Å². The van der Waals surface area contributed by atoms with Crippen molar-refractivity contribution in [2.24, 2.45) is 0 Å². The van der Waals surface area contributed by atoms with E-state index in [1.54, 1.807) is 60.7 Å². The van der Waals surface area contributed by atoms with Crippen molar-refractivity contribution < 1.29 is 20.4 Å². The molecule has 0 spiro atoms. The van der Waals surface area contributed by atoms with Crippen molar-refractivity contribution in [3.63, 3.8) is 0 Å². The van der Waals surface area contributed by atoms with Gasteiger partial charge in [0.2, 0.25) is 0 Å². The fraction of sp³-hybridized carbons (Fsp3) is 0. The summed E-state index contributed by atoms with van der Waals surface area (Å²) in [5.74, 6) is 0.367. The van der Waals surface area contributed by atoms with Crippen LogP contribution in [0.25, 0.3) is 32.7 Å². The first kappa shape index (κ1) is 14.2. The summed E-state index contributed by atoms with van der Waals surface area (Å²) in [5.41, 5.74) is 1.15. The van der Waals surface area contributed by atoms with Gasteiger partial charge in [0.15, 0.2) is 0 Å². The van der Waals surface area contributed by atoms with Crippen LogP contribution in [0.1, 0.15) is 0 Å². The van der Waals surface area contributed by atoms with Gasteiger partial charge in [0.05, 0.1) is 0 Å². The number of hydrogen-bond acceptors (Lipinski definition) is 4. The van der Waals surface area contributed by atoms with Gasteiger partial charge in [-0.15, -0.1) is 0 Å². The van der Waals surface area contributed by atoms with Crippen LogP contribution in [0.15, 0.2) is 60.7 Å². The summed E-state index contributed by atoms with van der Waals surface area (Å²) in [6.45, 7) is 0. The summed E-state index contributed by atoms with van der Waals surface area (Å²) in [7, 11) is 0. The Morgan fingerprint density at radius 2 is 1.12 bits per heavy atom. The standard InChI is InChI=1S/C20H14O4/c21-13-4-5-16-11(7-13)2-6-19(24)20(16)18-10-15(23)8-12-1-3-14(22)9-17(12)18/h1-10,21-24H. The van der Waals surface area contributed by atoms with E-state index in [4.69, 9.17) is 0 Å². The van der Waals surface area contributed by atoms with Crippen LogP contribution >= 0.6 is 0 Å². The maximum Gasteiger partial charge on any atom is 0.124 e. The fourth-order valence-corrected chi connectivity index (χ4v) is 3.13. The van der Waals surface area contributed by atoms with Crippen molar-refractivity contribution in [2.75, 3.05) is 0 Å². The smallest absolute Gasteiger partial charge is 0.124 e. The molecule has 0 radical (unpaired) electrons. The monoisotopic (exact) mass is 318 g/mol. The first-order valence-corrected chi connectivity index (χ1v) is 7.44. The molecule has 0 atom stereocenters. The van der Waals surface area contributed by atoms with E-state index < -0.39 is 0 Å². The highest BCUT2D eigenvalue weighted by Gasteiger charge is 2.14. The minimum Gasteiger partial charge on any atom is -0.508 e. The van der Waals surface area contributed by atoms with Crippen LogP contribution in [0.2, 0.25) is 0 Å². The van der Waals surface area contributed by atoms with E-state index in [0.29, 0.717) is 16.5 Å². The molecule has 0 aliphatic heterocycles. The van der Waals surface area contributed by atoms with Gasteiger partial charge in [-0.1, -0.05) is 12.1 Å². The zero-order valence-electron chi connectivity index (χ0n) is 12.6. The van der Waals surface area contributed by atoms with E-state index in [2.05, 4.69) is 0 Å². The first-order chi connectivity index (χ1) is 11.5. The summed E-state index contributed by atoms with van der Waals surface area (Å²) in [6.07, 6.45) is 0. The Labute approximate surface area is 137 Å². The predicted molar refractivity (Wildman–Crippen MR) is 93.5 cm³/mol. The van der Waals surface area contributed by atoms with Gasteiger partial charge >= 0.3 is 0 Å². The third-order valence-electron chi connectivity index (χ3n) is 4.17. The van der Waals surface area contributed by atoms with Gasteiger partial charge in [0.1, 0.15) is 23.0 Å². The largest absolute Gasteiger partial charge is 0.508 e. The molecule has 4 heteroatoms. The molecule has 4 nitrogen and oxygen atoms in total. The second-order valence-corrected chi connectivity index (χ2v) is 5.76. The van der Waals surface area contributed by atoms with Crippen LogP contribution < -0.4 is 0 Å². The molecule has 0 aliphatic carbocycles. The van der Waals surface area contributed by atoms with Crippen molar-refractivity contribution >= 4 is 21.5 Å². The molecule has 4 N–H and O–H groups in total. The Kier molecular flexibility index (Phi) is 3.00. The van der Waals surface area contributed by atoms with Gasteiger partial charge in [-0.25, -0.2) is 0 Å². The lowest BCUT2D eigenvalue weighted by Crippen LogP contribution is -1.86. The van der Waals surface area contributed by atoms with E-state index in [-0.39, 0.29) is 23.0 Å². The molecule has 0 fully saturated rings. The van der Waals surface area contributed by atoms with E-state index in [1.807, 2.05) is 0 Å². The summed E-state index contributed by atoms with van der Waals surface area (Å²) in [5, 5.41) is 43.0. The van der Waals surface area contributed by atoms with Gasteiger partial charge in [-0.05, 0) is 75.6 Å². The van der Waals surface area contributed by atoms with Crippen LogP contribution in [-0.2, 0) is 0 Å². The highest BCUT2D eigenvalue weighted by molar-refractivity contribution is 6.08. The number of aromatic hydroxyl groups is 4. The highest BCUT2D eigenvalue weighted by atomic mass is 16.3. The van der Waals surface area contributed by atoms with Gasteiger partial charge in [-0.3, -0.25) is 0 Å². The summed E-state index contributed by atoms with van der Waals surface area (Å²) in [6, 6.07) is 16.2. The number of rotatable bonds is 1. The van der Waals surface area contributed by atoms with Crippen molar-refractivity contribution in [3.8, 4) is 34.1 Å². The summed E-state index contributed by atoms with van der Waals surface area (Å²) < 4.78 is 0.